The van der Waals surface area contributed by atoms with Gasteiger partial charge < -0.3 is 0 Å². The van der Waals surface area contributed by atoms with Gasteiger partial charge in [0.15, 0.2) is 0 Å². The van der Waals surface area contributed by atoms with E-state index in [2.05, 4.69) is 0 Å². The van der Waals surface area contributed by atoms with Gasteiger partial charge in [0, 0.05) is 5.56 Å². The Morgan fingerprint density at radius 2 is 1.45 bits per heavy atom. The van der Waals surface area contributed by atoms with Crippen molar-refractivity contribution in [2.75, 3.05) is 0 Å². The summed E-state index contributed by atoms with van der Waals surface area (Å²) in [5.74, 6) is 2.03. The van der Waals surface area contributed by atoms with Crippen LogP contribution in [-0.2, 0) is 12.4 Å². The molecule has 0 spiro atoms. The molecule has 0 amide bonds. The number of hydrogen-bond donors (Lipinski definition) is 0. The Balaban J connectivity index is 2.72. The highest BCUT2D eigenvalue weighted by atomic mass is 19.4. The van der Waals surface area contributed by atoms with Crippen LogP contribution in [0.1, 0.15) is 16.7 Å². The van der Waals surface area contributed by atoms with E-state index in [9.17, 15) is 26.3 Å². The highest BCUT2D eigenvalue weighted by Gasteiger charge is 2.35. The van der Waals surface area contributed by atoms with Crippen molar-refractivity contribution in [2.24, 2.45) is 0 Å². The predicted octanol–water partition coefficient (Wildman–Crippen LogP) is 5.37. The Hall–Kier alpha value is -2.42. The molecule has 0 aliphatic heterocycles. The average Bonchev–Trinajstić information content (AvgIpc) is 2.45. The molecule has 6 heteroatoms. The van der Waals surface area contributed by atoms with Crippen LogP contribution in [0, 0.1) is 12.3 Å². The fourth-order valence-electron chi connectivity index (χ4n) is 2.01. The fourth-order valence-corrected chi connectivity index (χ4v) is 2.01. The summed E-state index contributed by atoms with van der Waals surface area (Å²) in [4.78, 5) is 0. The van der Waals surface area contributed by atoms with E-state index in [-0.39, 0.29) is 16.7 Å². The van der Waals surface area contributed by atoms with E-state index < -0.39 is 23.5 Å². The van der Waals surface area contributed by atoms with Gasteiger partial charge in [-0.05, 0) is 35.4 Å². The molecule has 0 N–H and O–H groups in total. The average molecular weight is 314 g/mol. The zero-order valence-corrected chi connectivity index (χ0v) is 10.9. The van der Waals surface area contributed by atoms with Gasteiger partial charge in [0.1, 0.15) is 0 Å². The predicted molar refractivity (Wildman–Crippen MR) is 69.8 cm³/mol. The number of alkyl halides is 6. The maximum atomic E-state index is 13.0. The Morgan fingerprint density at radius 3 is 2.00 bits per heavy atom. The summed E-state index contributed by atoms with van der Waals surface area (Å²) in [5.41, 5.74) is -2.82. The molecule has 0 fully saturated rings. The van der Waals surface area contributed by atoms with Crippen LogP contribution in [0.4, 0.5) is 26.3 Å². The largest absolute Gasteiger partial charge is 0.417 e. The molecule has 114 valence electrons. The van der Waals surface area contributed by atoms with Crippen molar-refractivity contribution in [1.82, 2.24) is 0 Å². The van der Waals surface area contributed by atoms with Gasteiger partial charge in [0.05, 0.1) is 11.1 Å². The summed E-state index contributed by atoms with van der Waals surface area (Å²) >= 11 is 0. The molecule has 0 aliphatic rings. The van der Waals surface area contributed by atoms with Crippen LogP contribution < -0.4 is 0 Å². The molecule has 0 saturated carbocycles. The van der Waals surface area contributed by atoms with Gasteiger partial charge in [-0.25, -0.2) is 0 Å². The second kappa shape index (κ2) is 5.41. The zero-order chi connectivity index (χ0) is 16.5. The first-order chi connectivity index (χ1) is 10.1. The van der Waals surface area contributed by atoms with Crippen LogP contribution in [0.15, 0.2) is 42.5 Å². The summed E-state index contributed by atoms with van der Waals surface area (Å²) in [5, 5.41) is 0. The number of rotatable bonds is 1. The lowest BCUT2D eigenvalue weighted by molar-refractivity contribution is -0.137. The number of hydrogen-bond acceptors (Lipinski definition) is 0. The lowest BCUT2D eigenvalue weighted by Crippen LogP contribution is -2.08. The van der Waals surface area contributed by atoms with Crippen LogP contribution in [0.2, 0.25) is 0 Å². The zero-order valence-electron chi connectivity index (χ0n) is 10.9. The van der Waals surface area contributed by atoms with E-state index in [1.165, 1.54) is 12.1 Å². The lowest BCUT2D eigenvalue weighted by atomic mass is 9.95. The number of terminal acetylenes is 1. The van der Waals surface area contributed by atoms with Crippen LogP contribution in [0.3, 0.4) is 0 Å². The number of halogens is 6. The molecule has 0 atom stereocenters. The summed E-state index contributed by atoms with van der Waals surface area (Å²) in [6.45, 7) is 0. The third-order valence-corrected chi connectivity index (χ3v) is 2.97. The van der Waals surface area contributed by atoms with Gasteiger partial charge in [-0.1, -0.05) is 24.1 Å². The Morgan fingerprint density at radius 1 is 0.818 bits per heavy atom. The Bertz CT molecular complexity index is 732. The fraction of sp³-hybridized carbons (Fsp3) is 0.125. The molecule has 2 aromatic rings. The van der Waals surface area contributed by atoms with Gasteiger partial charge in [-0.2, -0.15) is 26.3 Å². The standard InChI is InChI=1S/C16H8F6/c1-2-10-7-11(9-12(8-10)15(17,18)19)13-5-3-4-6-14(13)16(20,21)22/h1,3-9H. The molecule has 0 aliphatic carbocycles. The molecule has 0 unspecified atom stereocenters. The van der Waals surface area contributed by atoms with E-state index in [4.69, 9.17) is 6.42 Å². The summed E-state index contributed by atoms with van der Waals surface area (Å²) < 4.78 is 77.5. The molecule has 0 aromatic heterocycles. The highest BCUT2D eigenvalue weighted by molar-refractivity contribution is 5.70. The summed E-state index contributed by atoms with van der Waals surface area (Å²) in [7, 11) is 0. The molecule has 2 aromatic carbocycles. The first kappa shape index (κ1) is 16.0. The van der Waals surface area contributed by atoms with Crippen molar-refractivity contribution >= 4 is 0 Å². The van der Waals surface area contributed by atoms with E-state index in [1.54, 1.807) is 0 Å². The third-order valence-electron chi connectivity index (χ3n) is 2.97. The first-order valence-corrected chi connectivity index (χ1v) is 5.98. The van der Waals surface area contributed by atoms with Crippen molar-refractivity contribution in [3.63, 3.8) is 0 Å². The van der Waals surface area contributed by atoms with Crippen molar-refractivity contribution in [3.05, 3.63) is 59.2 Å². The topological polar surface area (TPSA) is 0 Å². The highest BCUT2D eigenvalue weighted by Crippen LogP contribution is 2.39. The Labute approximate surface area is 122 Å². The molecule has 22 heavy (non-hydrogen) atoms. The molecule has 0 saturated heterocycles. The van der Waals surface area contributed by atoms with E-state index in [0.717, 1.165) is 24.3 Å². The van der Waals surface area contributed by atoms with Gasteiger partial charge in [0.2, 0.25) is 0 Å². The van der Waals surface area contributed by atoms with Crippen molar-refractivity contribution in [3.8, 4) is 23.5 Å². The van der Waals surface area contributed by atoms with E-state index in [1.807, 2.05) is 5.92 Å². The van der Waals surface area contributed by atoms with Crippen molar-refractivity contribution in [1.29, 1.82) is 0 Å². The molecule has 0 radical (unpaired) electrons. The second-order valence-electron chi connectivity index (χ2n) is 4.48. The lowest BCUT2D eigenvalue weighted by Gasteiger charge is -2.15. The maximum Gasteiger partial charge on any atom is 0.417 e. The molecule has 2 rings (SSSR count). The quantitative estimate of drug-likeness (QED) is 0.490. The van der Waals surface area contributed by atoms with Crippen molar-refractivity contribution < 1.29 is 26.3 Å². The van der Waals surface area contributed by atoms with Gasteiger partial charge >= 0.3 is 12.4 Å². The van der Waals surface area contributed by atoms with E-state index in [0.29, 0.717) is 6.07 Å². The first-order valence-electron chi connectivity index (χ1n) is 5.98. The van der Waals surface area contributed by atoms with Crippen LogP contribution in [0.25, 0.3) is 11.1 Å². The second-order valence-corrected chi connectivity index (χ2v) is 4.48. The van der Waals surface area contributed by atoms with Crippen molar-refractivity contribution in [2.45, 2.75) is 12.4 Å². The normalized spacial score (nSPS) is 12.0. The third kappa shape index (κ3) is 3.25. The SMILES string of the molecule is C#Cc1cc(-c2ccccc2C(F)(F)F)cc(C(F)(F)F)c1. The van der Waals surface area contributed by atoms with Crippen LogP contribution >= 0.6 is 0 Å². The number of benzene rings is 2. The molecular weight excluding hydrogens is 306 g/mol. The Kier molecular flexibility index (Phi) is 3.92. The smallest absolute Gasteiger partial charge is 0.166 e. The van der Waals surface area contributed by atoms with E-state index >= 15 is 0 Å². The molecule has 0 heterocycles. The molecular formula is C16H8F6. The monoisotopic (exact) mass is 314 g/mol. The molecule has 0 nitrogen and oxygen atoms in total. The molecule has 0 bridgehead atoms. The summed E-state index contributed by atoms with van der Waals surface area (Å²) in [6, 6.07) is 6.91. The minimum absolute atomic E-state index is 0.137. The minimum atomic E-state index is -4.70. The maximum absolute atomic E-state index is 13.0. The van der Waals surface area contributed by atoms with Gasteiger partial charge in [0.25, 0.3) is 0 Å². The summed E-state index contributed by atoms with van der Waals surface area (Å²) in [6.07, 6.45) is -4.29. The van der Waals surface area contributed by atoms with Gasteiger partial charge in [-0.3, -0.25) is 0 Å². The van der Waals surface area contributed by atoms with Crippen LogP contribution in [-0.4, -0.2) is 0 Å². The van der Waals surface area contributed by atoms with Gasteiger partial charge in [-0.15, -0.1) is 6.42 Å². The van der Waals surface area contributed by atoms with Crippen LogP contribution in [0.5, 0.6) is 0 Å². The minimum Gasteiger partial charge on any atom is -0.166 e.